The van der Waals surface area contributed by atoms with E-state index in [9.17, 15) is 9.59 Å². The van der Waals surface area contributed by atoms with Crippen molar-refractivity contribution in [2.75, 3.05) is 13.2 Å². The predicted octanol–water partition coefficient (Wildman–Crippen LogP) is -0.475. The first-order valence-electron chi connectivity index (χ1n) is 3.87. The Kier molecular flexibility index (Phi) is 6.13. The van der Waals surface area contributed by atoms with Crippen LogP contribution in [0, 0.1) is 0 Å². The quantitative estimate of drug-likeness (QED) is 0.330. The monoisotopic (exact) mass is 204 g/mol. The number of ether oxygens (including phenoxy) is 2. The molecule has 0 radical (unpaired) electrons. The highest BCUT2D eigenvalue weighted by molar-refractivity contribution is 5.80. The van der Waals surface area contributed by atoms with Crippen LogP contribution < -0.4 is 0 Å². The van der Waals surface area contributed by atoms with E-state index < -0.39 is 24.5 Å². The molecule has 0 bridgehead atoms. The van der Waals surface area contributed by atoms with Crippen LogP contribution in [0.1, 0.15) is 6.42 Å². The number of aliphatic carboxylic acids is 1. The summed E-state index contributed by atoms with van der Waals surface area (Å²) < 4.78 is 9.17. The molecule has 6 nitrogen and oxygen atoms in total. The van der Waals surface area contributed by atoms with Gasteiger partial charge in [0.15, 0.2) is 6.10 Å². The number of aliphatic hydroxyl groups is 1. The first-order valence-corrected chi connectivity index (χ1v) is 3.87. The average Bonchev–Trinajstić information content (AvgIpc) is 2.12. The average molecular weight is 204 g/mol. The van der Waals surface area contributed by atoms with Crippen LogP contribution in [0.25, 0.3) is 0 Å². The zero-order chi connectivity index (χ0) is 11.0. The Hall–Kier alpha value is -1.56. The Labute approximate surface area is 80.7 Å². The molecule has 0 saturated heterocycles. The third-order valence-electron chi connectivity index (χ3n) is 1.23. The van der Waals surface area contributed by atoms with Crippen molar-refractivity contribution in [3.63, 3.8) is 0 Å². The van der Waals surface area contributed by atoms with Crippen molar-refractivity contribution < 1.29 is 29.3 Å². The van der Waals surface area contributed by atoms with Crippen LogP contribution in [0.4, 0.5) is 0 Å². The van der Waals surface area contributed by atoms with Crippen molar-refractivity contribution in [1.29, 1.82) is 0 Å². The van der Waals surface area contributed by atoms with Gasteiger partial charge in [-0.1, -0.05) is 6.58 Å². The lowest BCUT2D eigenvalue weighted by Gasteiger charge is -2.06. The number of esters is 1. The molecule has 0 aromatic heterocycles. The summed E-state index contributed by atoms with van der Waals surface area (Å²) in [6.07, 6.45) is -1.09. The van der Waals surface area contributed by atoms with Gasteiger partial charge in [-0.2, -0.15) is 0 Å². The smallest absolute Gasteiger partial charge is 0.333 e. The van der Waals surface area contributed by atoms with Gasteiger partial charge >= 0.3 is 11.9 Å². The van der Waals surface area contributed by atoms with Crippen LogP contribution in [-0.4, -0.2) is 41.5 Å². The van der Waals surface area contributed by atoms with E-state index in [1.54, 1.807) is 0 Å². The van der Waals surface area contributed by atoms with Gasteiger partial charge in [0, 0.05) is 0 Å². The van der Waals surface area contributed by atoms with Gasteiger partial charge < -0.3 is 19.7 Å². The number of aliphatic hydroxyl groups excluding tert-OH is 1. The van der Waals surface area contributed by atoms with Gasteiger partial charge in [0.25, 0.3) is 0 Å². The molecule has 80 valence electrons. The molecule has 0 heterocycles. The van der Waals surface area contributed by atoms with Gasteiger partial charge in [0.1, 0.15) is 13.2 Å². The van der Waals surface area contributed by atoms with Crippen molar-refractivity contribution in [1.82, 2.24) is 0 Å². The fourth-order valence-corrected chi connectivity index (χ4v) is 0.591. The molecule has 1 unspecified atom stereocenters. The molecule has 14 heavy (non-hydrogen) atoms. The maximum Gasteiger partial charge on any atom is 0.333 e. The minimum atomic E-state index is -1.72. The highest BCUT2D eigenvalue weighted by Crippen LogP contribution is 1.94. The number of hydrogen-bond acceptors (Lipinski definition) is 5. The Bertz CT molecular complexity index is 212. The predicted molar refractivity (Wildman–Crippen MR) is 45.4 cm³/mol. The molecule has 0 rings (SSSR count). The standard InChI is InChI=1S/C8H12O6/c1-2-13-3-4-14-7(10)5-6(9)8(11)12/h2,6,9H,1,3-5H2,(H,11,12). The van der Waals surface area contributed by atoms with Crippen LogP contribution in [0.15, 0.2) is 12.8 Å². The van der Waals surface area contributed by atoms with Gasteiger partial charge in [0.05, 0.1) is 12.7 Å². The molecule has 0 aliphatic carbocycles. The molecule has 2 N–H and O–H groups in total. The zero-order valence-electron chi connectivity index (χ0n) is 7.51. The summed E-state index contributed by atoms with van der Waals surface area (Å²) in [7, 11) is 0. The molecule has 0 aliphatic rings. The summed E-state index contributed by atoms with van der Waals surface area (Å²) in [6, 6.07) is 0. The summed E-state index contributed by atoms with van der Waals surface area (Å²) in [6.45, 7) is 3.42. The largest absolute Gasteiger partial charge is 0.498 e. The minimum Gasteiger partial charge on any atom is -0.498 e. The lowest BCUT2D eigenvalue weighted by molar-refractivity contribution is -0.156. The van der Waals surface area contributed by atoms with E-state index in [0.29, 0.717) is 0 Å². The summed E-state index contributed by atoms with van der Waals surface area (Å²) in [5, 5.41) is 17.0. The fraction of sp³-hybridized carbons (Fsp3) is 0.500. The van der Waals surface area contributed by atoms with Gasteiger partial charge in [-0.25, -0.2) is 4.79 Å². The molecule has 0 amide bonds. The van der Waals surface area contributed by atoms with Crippen LogP contribution in [0.5, 0.6) is 0 Å². The first kappa shape index (κ1) is 12.4. The van der Waals surface area contributed by atoms with E-state index in [1.165, 1.54) is 6.26 Å². The Morgan fingerprint density at radius 1 is 1.43 bits per heavy atom. The van der Waals surface area contributed by atoms with E-state index in [-0.39, 0.29) is 13.2 Å². The SMILES string of the molecule is C=COCCOC(=O)CC(O)C(=O)O. The highest BCUT2D eigenvalue weighted by Gasteiger charge is 2.18. The number of carboxylic acid groups (broad SMARTS) is 1. The van der Waals surface area contributed by atoms with Gasteiger partial charge in [-0.3, -0.25) is 4.79 Å². The van der Waals surface area contributed by atoms with Crippen molar-refractivity contribution in [2.45, 2.75) is 12.5 Å². The van der Waals surface area contributed by atoms with Gasteiger partial charge in [-0.05, 0) is 0 Å². The second-order valence-electron chi connectivity index (χ2n) is 2.32. The molecule has 0 spiro atoms. The maximum absolute atomic E-state index is 10.8. The highest BCUT2D eigenvalue weighted by atomic mass is 16.6. The molecule has 0 aromatic rings. The van der Waals surface area contributed by atoms with E-state index in [2.05, 4.69) is 16.1 Å². The van der Waals surface area contributed by atoms with Gasteiger partial charge in [-0.15, -0.1) is 0 Å². The first-order chi connectivity index (χ1) is 6.57. The topological polar surface area (TPSA) is 93.1 Å². The summed E-state index contributed by atoms with van der Waals surface area (Å²) in [5.41, 5.74) is 0. The minimum absolute atomic E-state index is 0.00279. The number of rotatable bonds is 7. The normalized spacial score (nSPS) is 11.5. The fourth-order valence-electron chi connectivity index (χ4n) is 0.591. The lowest BCUT2D eigenvalue weighted by atomic mass is 10.2. The van der Waals surface area contributed by atoms with Crippen molar-refractivity contribution >= 4 is 11.9 Å². The molecule has 0 aromatic carbocycles. The summed E-state index contributed by atoms with van der Waals surface area (Å²) in [5.74, 6) is -2.24. The molecular formula is C8H12O6. The molecule has 0 saturated carbocycles. The second kappa shape index (κ2) is 6.90. The Morgan fingerprint density at radius 2 is 2.07 bits per heavy atom. The third kappa shape index (κ3) is 6.01. The van der Waals surface area contributed by atoms with Gasteiger partial charge in [0.2, 0.25) is 0 Å². The van der Waals surface area contributed by atoms with Crippen molar-refractivity contribution in [3.05, 3.63) is 12.8 Å². The van der Waals surface area contributed by atoms with E-state index in [1.807, 2.05) is 0 Å². The maximum atomic E-state index is 10.8. The molecule has 1 atom stereocenters. The summed E-state index contributed by atoms with van der Waals surface area (Å²) in [4.78, 5) is 20.9. The van der Waals surface area contributed by atoms with E-state index >= 15 is 0 Å². The molecule has 6 heteroatoms. The summed E-state index contributed by atoms with van der Waals surface area (Å²) >= 11 is 0. The number of carbonyl (C=O) groups excluding carboxylic acids is 1. The third-order valence-corrected chi connectivity index (χ3v) is 1.23. The van der Waals surface area contributed by atoms with E-state index in [4.69, 9.17) is 10.2 Å². The second-order valence-corrected chi connectivity index (χ2v) is 2.32. The lowest BCUT2D eigenvalue weighted by Crippen LogP contribution is -2.24. The molecular weight excluding hydrogens is 192 g/mol. The number of hydrogen-bond donors (Lipinski definition) is 2. The number of carboxylic acids is 1. The van der Waals surface area contributed by atoms with E-state index in [0.717, 1.165) is 0 Å². The van der Waals surface area contributed by atoms with Crippen molar-refractivity contribution in [2.24, 2.45) is 0 Å². The Balaban J connectivity index is 3.55. The Morgan fingerprint density at radius 3 is 2.57 bits per heavy atom. The van der Waals surface area contributed by atoms with Crippen LogP contribution in [-0.2, 0) is 19.1 Å². The number of carbonyl (C=O) groups is 2. The van der Waals surface area contributed by atoms with Crippen molar-refractivity contribution in [3.8, 4) is 0 Å². The molecule has 0 aliphatic heterocycles. The molecule has 0 fully saturated rings. The van der Waals surface area contributed by atoms with Crippen LogP contribution >= 0.6 is 0 Å². The van der Waals surface area contributed by atoms with Crippen LogP contribution in [0.2, 0.25) is 0 Å². The zero-order valence-corrected chi connectivity index (χ0v) is 7.51. The van der Waals surface area contributed by atoms with Crippen LogP contribution in [0.3, 0.4) is 0 Å².